The van der Waals surface area contributed by atoms with Crippen LogP contribution in [0.5, 0.6) is 0 Å². The molecule has 0 spiro atoms. The Balaban J connectivity index is 1.65. The molecular weight excluding hydrogens is 521 g/mol. The Morgan fingerprint density at radius 2 is 1.89 bits per heavy atom. The summed E-state index contributed by atoms with van der Waals surface area (Å²) in [7, 11) is -5.51. The number of nitrogens with two attached hydrogens (primary N) is 1. The maximum absolute atomic E-state index is 12.7. The van der Waals surface area contributed by atoms with Gasteiger partial charge < -0.3 is 21.7 Å². The second-order valence-corrected chi connectivity index (χ2v) is 11.5. The lowest BCUT2D eigenvalue weighted by Crippen LogP contribution is -2.47. The molecule has 2 saturated carbocycles. The van der Waals surface area contributed by atoms with Gasteiger partial charge in [0.15, 0.2) is 0 Å². The Morgan fingerprint density at radius 1 is 1.24 bits per heavy atom. The number of amides is 1. The zero-order valence-electron chi connectivity index (χ0n) is 20.6. The van der Waals surface area contributed by atoms with Crippen LogP contribution >= 0.6 is 0 Å². The number of alkyl halides is 3. The Kier molecular flexibility index (Phi) is 9.22. The number of anilines is 1. The van der Waals surface area contributed by atoms with Crippen LogP contribution in [0.25, 0.3) is 0 Å². The summed E-state index contributed by atoms with van der Waals surface area (Å²) in [5.41, 5.74) is -0.114. The molecule has 1 amide bonds. The maximum Gasteiger partial charge on any atom is 0.501 e. The van der Waals surface area contributed by atoms with Gasteiger partial charge in [-0.25, -0.2) is 8.42 Å². The molecular formula is C25H31F3N6O3S. The fraction of sp³-hybridized carbons (Fsp3) is 0.480. The average molecular weight is 553 g/mol. The van der Waals surface area contributed by atoms with Gasteiger partial charge in [-0.05, 0) is 68.2 Å². The van der Waals surface area contributed by atoms with Crippen LogP contribution in [0.2, 0.25) is 0 Å². The third kappa shape index (κ3) is 7.14. The van der Waals surface area contributed by atoms with Crippen LogP contribution in [-0.4, -0.2) is 43.8 Å². The van der Waals surface area contributed by atoms with Gasteiger partial charge in [-0.2, -0.15) is 18.4 Å². The molecule has 4 atom stereocenters. The van der Waals surface area contributed by atoms with Crippen molar-refractivity contribution in [3.05, 3.63) is 48.7 Å². The van der Waals surface area contributed by atoms with Crippen LogP contribution in [0.1, 0.15) is 38.5 Å². The summed E-state index contributed by atoms with van der Waals surface area (Å²) in [4.78, 5) is 11.1. The van der Waals surface area contributed by atoms with Crippen LogP contribution in [0.15, 0.2) is 53.6 Å². The normalized spacial score (nSPS) is 23.1. The number of hydrogen-bond acceptors (Lipinski definition) is 7. The van der Waals surface area contributed by atoms with E-state index >= 15 is 0 Å². The SMILES string of the molecule is C=C[C@@H](N[C@@H]1CC[C@H](N/C=C(\C(=N)Nc2ccc(S(=O)(=O)C(F)(F)F)cc2)C(N)=O)[C@@H](CC#N)C1)C1CC1. The first-order valence-corrected chi connectivity index (χ1v) is 13.6. The number of rotatable bonds is 11. The van der Waals surface area contributed by atoms with E-state index in [0.29, 0.717) is 12.3 Å². The molecule has 6 N–H and O–H groups in total. The van der Waals surface area contributed by atoms with E-state index in [4.69, 9.17) is 11.1 Å². The predicted molar refractivity (Wildman–Crippen MR) is 136 cm³/mol. The van der Waals surface area contributed by atoms with Crippen molar-refractivity contribution in [3.63, 3.8) is 0 Å². The molecule has 9 nitrogen and oxygen atoms in total. The quantitative estimate of drug-likeness (QED) is 0.122. The van der Waals surface area contributed by atoms with Crippen molar-refractivity contribution in [2.24, 2.45) is 17.6 Å². The number of sulfone groups is 1. The number of primary amides is 1. The summed E-state index contributed by atoms with van der Waals surface area (Å²) in [5.74, 6) is -0.743. The predicted octanol–water partition coefficient (Wildman–Crippen LogP) is 3.33. The summed E-state index contributed by atoms with van der Waals surface area (Å²) in [6.45, 7) is 3.92. The molecule has 1 aromatic rings. The van der Waals surface area contributed by atoms with Gasteiger partial charge in [-0.3, -0.25) is 10.2 Å². The number of nitrogens with zero attached hydrogens (tertiary/aromatic N) is 1. The molecule has 2 fully saturated rings. The van der Waals surface area contributed by atoms with E-state index in [0.717, 1.165) is 43.5 Å². The average Bonchev–Trinajstić information content (AvgIpc) is 3.69. The molecule has 1 aromatic carbocycles. The number of amidine groups is 1. The zero-order chi connectivity index (χ0) is 28.1. The van der Waals surface area contributed by atoms with Gasteiger partial charge in [-0.15, -0.1) is 6.58 Å². The topological polar surface area (TPSA) is 161 Å². The number of carbonyl (C=O) groups is 1. The zero-order valence-corrected chi connectivity index (χ0v) is 21.4. The largest absolute Gasteiger partial charge is 0.501 e. The monoisotopic (exact) mass is 552 g/mol. The van der Waals surface area contributed by atoms with Gasteiger partial charge in [0.05, 0.1) is 16.5 Å². The minimum atomic E-state index is -5.51. The Bertz CT molecular complexity index is 1220. The molecule has 2 aliphatic carbocycles. The van der Waals surface area contributed by atoms with Gasteiger partial charge in [0, 0.05) is 36.4 Å². The fourth-order valence-corrected chi connectivity index (χ4v) is 5.38. The molecule has 0 radical (unpaired) electrons. The van der Waals surface area contributed by atoms with E-state index in [1.54, 1.807) is 0 Å². The van der Waals surface area contributed by atoms with Crippen molar-refractivity contribution in [2.45, 2.75) is 67.1 Å². The van der Waals surface area contributed by atoms with E-state index in [1.165, 1.54) is 19.0 Å². The van der Waals surface area contributed by atoms with Crippen molar-refractivity contribution in [1.82, 2.24) is 10.6 Å². The summed E-state index contributed by atoms with van der Waals surface area (Å²) in [6, 6.07) is 6.17. The van der Waals surface area contributed by atoms with Crippen LogP contribution < -0.4 is 21.7 Å². The molecule has 206 valence electrons. The number of benzene rings is 1. The highest BCUT2D eigenvalue weighted by Crippen LogP contribution is 2.35. The van der Waals surface area contributed by atoms with Gasteiger partial charge in [0.2, 0.25) is 0 Å². The number of hydrogen-bond donors (Lipinski definition) is 5. The highest BCUT2D eigenvalue weighted by atomic mass is 32.2. The molecule has 0 aliphatic heterocycles. The lowest BCUT2D eigenvalue weighted by Gasteiger charge is -2.37. The standard InChI is InChI=1S/C25H31F3N6O3S/c1-2-21(15-3-4-15)33-18-7-10-22(16(13-18)11-12-29)32-14-20(24(31)35)23(30)34-17-5-8-19(9-6-17)38(36,37)25(26,27)28/h2,5-6,8-9,14-16,18,21-22,32-33H,1,3-4,7,10-11,13H2,(H2,30,34)(H2,31,35)/b20-14+/t16-,18+,21+,22-/m0/s1. The van der Waals surface area contributed by atoms with Crippen LogP contribution in [0.4, 0.5) is 18.9 Å². The first kappa shape index (κ1) is 29.2. The second-order valence-electron chi connectivity index (χ2n) is 9.57. The van der Waals surface area contributed by atoms with Gasteiger partial charge >= 0.3 is 5.51 Å². The van der Waals surface area contributed by atoms with Gasteiger partial charge in [0.1, 0.15) is 5.84 Å². The molecule has 0 aromatic heterocycles. The van der Waals surface area contributed by atoms with E-state index in [1.807, 2.05) is 6.08 Å². The smallest absolute Gasteiger partial charge is 0.387 e. The molecule has 2 aliphatic rings. The molecule has 0 heterocycles. The minimum Gasteiger partial charge on any atom is -0.387 e. The number of nitriles is 1. The summed E-state index contributed by atoms with van der Waals surface area (Å²) < 4.78 is 61.3. The molecule has 38 heavy (non-hydrogen) atoms. The highest BCUT2D eigenvalue weighted by molar-refractivity contribution is 7.92. The van der Waals surface area contributed by atoms with Crippen molar-refractivity contribution in [2.75, 3.05) is 5.32 Å². The van der Waals surface area contributed by atoms with E-state index in [-0.39, 0.29) is 35.3 Å². The summed E-state index contributed by atoms with van der Waals surface area (Å²) in [5, 5.41) is 26.9. The van der Waals surface area contributed by atoms with Crippen molar-refractivity contribution < 1.29 is 26.4 Å². The highest BCUT2D eigenvalue weighted by Gasteiger charge is 2.46. The third-order valence-electron chi connectivity index (χ3n) is 6.86. The lowest BCUT2D eigenvalue weighted by atomic mass is 9.79. The van der Waals surface area contributed by atoms with Crippen molar-refractivity contribution in [1.29, 1.82) is 10.7 Å². The molecule has 0 bridgehead atoms. The summed E-state index contributed by atoms with van der Waals surface area (Å²) in [6.07, 6.45) is 8.23. The van der Waals surface area contributed by atoms with Gasteiger partial charge in [-0.1, -0.05) is 6.08 Å². The Morgan fingerprint density at radius 3 is 2.42 bits per heavy atom. The molecule has 13 heteroatoms. The number of carbonyl (C=O) groups excluding carboxylic acids is 1. The Hall–Kier alpha value is -3.37. The number of halogens is 3. The third-order valence-corrected chi connectivity index (χ3v) is 8.37. The van der Waals surface area contributed by atoms with E-state index in [9.17, 15) is 31.6 Å². The maximum atomic E-state index is 12.7. The second kappa shape index (κ2) is 12.0. The lowest BCUT2D eigenvalue weighted by molar-refractivity contribution is -0.114. The van der Waals surface area contributed by atoms with Crippen LogP contribution in [0.3, 0.4) is 0 Å². The van der Waals surface area contributed by atoms with Crippen LogP contribution in [-0.2, 0) is 14.6 Å². The Labute approximate surface area is 219 Å². The molecule has 3 rings (SSSR count). The van der Waals surface area contributed by atoms with Crippen molar-refractivity contribution >= 4 is 27.3 Å². The summed E-state index contributed by atoms with van der Waals surface area (Å²) >= 11 is 0. The van der Waals surface area contributed by atoms with Crippen LogP contribution in [0, 0.1) is 28.6 Å². The first-order valence-electron chi connectivity index (χ1n) is 12.2. The minimum absolute atomic E-state index is 0.00781. The first-order chi connectivity index (χ1) is 17.9. The fourth-order valence-electron chi connectivity index (χ4n) is 4.62. The molecule has 0 unspecified atom stereocenters. The van der Waals surface area contributed by atoms with E-state index in [2.05, 4.69) is 28.6 Å². The van der Waals surface area contributed by atoms with Crippen molar-refractivity contribution in [3.8, 4) is 6.07 Å². The number of nitrogens with one attached hydrogen (secondary N) is 4. The van der Waals surface area contributed by atoms with Gasteiger partial charge in [0.25, 0.3) is 15.7 Å². The van der Waals surface area contributed by atoms with E-state index < -0.39 is 32.0 Å². The molecule has 0 saturated heterocycles.